The molecule has 0 spiro atoms. The highest BCUT2D eigenvalue weighted by Gasteiger charge is 2.30. The molecule has 2 saturated carbocycles. The van der Waals surface area contributed by atoms with E-state index in [1.165, 1.54) is 44.9 Å². The zero-order valence-corrected chi connectivity index (χ0v) is 15.8. The third-order valence-electron chi connectivity index (χ3n) is 5.52. The number of nitrogens with zero attached hydrogens (tertiary/aromatic N) is 5. The Kier molecular flexibility index (Phi) is 4.99. The Morgan fingerprint density at radius 3 is 2.64 bits per heavy atom. The molecule has 0 saturated heterocycles. The molecule has 5 nitrogen and oxygen atoms in total. The first-order valence-corrected chi connectivity index (χ1v) is 10.0. The summed E-state index contributed by atoms with van der Waals surface area (Å²) in [6.45, 7) is 4.09. The molecule has 0 amide bonds. The largest absolute Gasteiger partial charge is 0.297 e. The molecule has 0 bridgehead atoms. The summed E-state index contributed by atoms with van der Waals surface area (Å²) >= 11 is 5.81. The van der Waals surface area contributed by atoms with Crippen LogP contribution in [0.2, 0.25) is 0 Å². The van der Waals surface area contributed by atoms with E-state index in [1.807, 2.05) is 16.9 Å². The first kappa shape index (κ1) is 16.9. The van der Waals surface area contributed by atoms with Crippen molar-refractivity contribution in [2.24, 2.45) is 0 Å². The van der Waals surface area contributed by atoms with Crippen molar-refractivity contribution >= 4 is 12.2 Å². The minimum atomic E-state index is 0.515. The summed E-state index contributed by atoms with van der Waals surface area (Å²) in [6, 6.07) is 5.23. The molecular weight excluding hydrogens is 330 g/mol. The van der Waals surface area contributed by atoms with Crippen LogP contribution in [0.1, 0.15) is 57.9 Å². The number of pyridine rings is 1. The van der Waals surface area contributed by atoms with Gasteiger partial charge in [-0.2, -0.15) is 5.10 Å². The van der Waals surface area contributed by atoms with Crippen LogP contribution >= 0.6 is 12.2 Å². The van der Waals surface area contributed by atoms with Gasteiger partial charge in [0.2, 0.25) is 0 Å². The van der Waals surface area contributed by atoms with Crippen LogP contribution in [-0.4, -0.2) is 36.8 Å². The highest BCUT2D eigenvalue weighted by atomic mass is 32.1. The first-order chi connectivity index (χ1) is 12.3. The van der Waals surface area contributed by atoms with E-state index in [2.05, 4.69) is 27.4 Å². The molecule has 0 N–H and O–H groups in total. The van der Waals surface area contributed by atoms with E-state index >= 15 is 0 Å². The minimum Gasteiger partial charge on any atom is -0.297 e. The van der Waals surface area contributed by atoms with Gasteiger partial charge in [-0.1, -0.05) is 26.2 Å². The molecule has 134 valence electrons. The van der Waals surface area contributed by atoms with Crippen molar-refractivity contribution in [1.29, 1.82) is 0 Å². The van der Waals surface area contributed by atoms with Crippen molar-refractivity contribution in [3.05, 3.63) is 29.3 Å². The van der Waals surface area contributed by atoms with Crippen LogP contribution in [0.5, 0.6) is 0 Å². The molecule has 2 aliphatic rings. The molecule has 2 aliphatic carbocycles. The minimum absolute atomic E-state index is 0.515. The quantitative estimate of drug-likeness (QED) is 0.717. The molecule has 0 radical (unpaired) electrons. The van der Waals surface area contributed by atoms with E-state index in [1.54, 1.807) is 6.20 Å². The van der Waals surface area contributed by atoms with Crippen LogP contribution in [0.4, 0.5) is 0 Å². The fraction of sp³-hybridized carbons (Fsp3) is 0.632. The molecule has 6 heteroatoms. The van der Waals surface area contributed by atoms with E-state index in [-0.39, 0.29) is 0 Å². The summed E-state index contributed by atoms with van der Waals surface area (Å²) < 4.78 is 5.14. The Balaban J connectivity index is 1.64. The average molecular weight is 358 g/mol. The third kappa shape index (κ3) is 3.55. The maximum absolute atomic E-state index is 5.81. The van der Waals surface area contributed by atoms with Gasteiger partial charge in [0.1, 0.15) is 0 Å². The Labute approximate surface area is 154 Å². The lowest BCUT2D eigenvalue weighted by molar-refractivity contribution is 0.119. The van der Waals surface area contributed by atoms with Crippen LogP contribution in [0.15, 0.2) is 24.5 Å². The molecule has 2 fully saturated rings. The molecule has 0 atom stereocenters. The molecule has 2 heterocycles. The van der Waals surface area contributed by atoms with Crippen LogP contribution < -0.4 is 0 Å². The van der Waals surface area contributed by atoms with E-state index in [4.69, 9.17) is 17.3 Å². The Morgan fingerprint density at radius 2 is 2.00 bits per heavy atom. The second-order valence-corrected chi connectivity index (χ2v) is 7.65. The maximum atomic E-state index is 5.81. The van der Waals surface area contributed by atoms with Crippen molar-refractivity contribution in [3.8, 4) is 11.4 Å². The van der Waals surface area contributed by atoms with Crippen LogP contribution in [0, 0.1) is 4.77 Å². The fourth-order valence-electron chi connectivity index (χ4n) is 3.96. The summed E-state index contributed by atoms with van der Waals surface area (Å²) in [5, 5.41) is 4.92. The van der Waals surface area contributed by atoms with Gasteiger partial charge in [-0.25, -0.2) is 4.68 Å². The first-order valence-electron chi connectivity index (χ1n) is 9.61. The van der Waals surface area contributed by atoms with Crippen molar-refractivity contribution in [3.63, 3.8) is 0 Å². The number of aromatic nitrogens is 4. The number of rotatable bonds is 6. The van der Waals surface area contributed by atoms with Gasteiger partial charge in [0.15, 0.2) is 10.6 Å². The van der Waals surface area contributed by atoms with Crippen molar-refractivity contribution in [2.45, 2.75) is 70.6 Å². The van der Waals surface area contributed by atoms with Crippen LogP contribution in [0.3, 0.4) is 0 Å². The molecule has 0 aliphatic heterocycles. The molecular formula is C19H27N5S. The lowest BCUT2D eigenvalue weighted by atomic mass is 9.94. The predicted molar refractivity (Wildman–Crippen MR) is 102 cm³/mol. The van der Waals surface area contributed by atoms with Crippen LogP contribution in [-0.2, 0) is 6.67 Å². The zero-order chi connectivity index (χ0) is 17.2. The summed E-state index contributed by atoms with van der Waals surface area (Å²) in [5.74, 6) is 0.972. The Morgan fingerprint density at radius 1 is 1.20 bits per heavy atom. The maximum Gasteiger partial charge on any atom is 0.199 e. The topological polar surface area (TPSA) is 38.9 Å². The van der Waals surface area contributed by atoms with Gasteiger partial charge in [0.25, 0.3) is 0 Å². The van der Waals surface area contributed by atoms with Crippen LogP contribution in [0.25, 0.3) is 11.4 Å². The van der Waals surface area contributed by atoms with E-state index in [0.29, 0.717) is 12.1 Å². The summed E-state index contributed by atoms with van der Waals surface area (Å²) in [4.78, 5) is 6.81. The molecule has 2 aromatic rings. The van der Waals surface area contributed by atoms with E-state index in [9.17, 15) is 0 Å². The van der Waals surface area contributed by atoms with Crippen molar-refractivity contribution in [1.82, 2.24) is 24.2 Å². The molecule has 4 rings (SSSR count). The highest BCUT2D eigenvalue weighted by Crippen LogP contribution is 2.38. The third-order valence-corrected chi connectivity index (χ3v) is 5.92. The van der Waals surface area contributed by atoms with Gasteiger partial charge in [-0.05, 0) is 56.6 Å². The zero-order valence-electron chi connectivity index (χ0n) is 15.0. The SMILES string of the molecule is CCN(Cn1nc(-c2cccnc2)n(C2CC2)c1=S)C1CCCCC1. The van der Waals surface area contributed by atoms with Gasteiger partial charge in [-0.3, -0.25) is 14.5 Å². The average Bonchev–Trinajstić information content (AvgIpc) is 3.45. The van der Waals surface area contributed by atoms with Gasteiger partial charge >= 0.3 is 0 Å². The molecule has 0 aromatic carbocycles. The predicted octanol–water partition coefficient (Wildman–Crippen LogP) is 4.42. The van der Waals surface area contributed by atoms with E-state index in [0.717, 1.165) is 29.4 Å². The second kappa shape index (κ2) is 7.38. The standard InChI is InChI=1S/C19H27N5S/c1-2-22(16-8-4-3-5-9-16)14-23-19(25)24(17-10-11-17)18(21-23)15-7-6-12-20-13-15/h6-7,12-13,16-17H,2-5,8-11,14H2,1H3. The van der Waals surface area contributed by atoms with Crippen molar-refractivity contribution < 1.29 is 0 Å². The monoisotopic (exact) mass is 357 g/mol. The molecule has 25 heavy (non-hydrogen) atoms. The lowest BCUT2D eigenvalue weighted by Crippen LogP contribution is -2.38. The smallest absolute Gasteiger partial charge is 0.199 e. The van der Waals surface area contributed by atoms with Gasteiger partial charge in [0, 0.05) is 30.0 Å². The molecule has 0 unspecified atom stereocenters. The lowest BCUT2D eigenvalue weighted by Gasteiger charge is -2.33. The number of hydrogen-bond acceptors (Lipinski definition) is 4. The van der Waals surface area contributed by atoms with Gasteiger partial charge < -0.3 is 0 Å². The Bertz CT molecular complexity index is 756. The summed E-state index contributed by atoms with van der Waals surface area (Å²) in [7, 11) is 0. The summed E-state index contributed by atoms with van der Waals surface area (Å²) in [5.41, 5.74) is 1.06. The Hall–Kier alpha value is -1.53. The normalized spacial score (nSPS) is 18.8. The summed E-state index contributed by atoms with van der Waals surface area (Å²) in [6.07, 6.45) is 12.8. The second-order valence-electron chi connectivity index (χ2n) is 7.29. The number of hydrogen-bond donors (Lipinski definition) is 0. The van der Waals surface area contributed by atoms with Gasteiger partial charge in [0.05, 0.1) is 6.67 Å². The van der Waals surface area contributed by atoms with Gasteiger partial charge in [-0.15, -0.1) is 0 Å². The molecule has 2 aromatic heterocycles. The van der Waals surface area contributed by atoms with Crippen molar-refractivity contribution in [2.75, 3.05) is 6.54 Å². The van der Waals surface area contributed by atoms with E-state index < -0.39 is 0 Å². The highest BCUT2D eigenvalue weighted by molar-refractivity contribution is 7.71. The fourth-order valence-corrected chi connectivity index (χ4v) is 4.29.